The van der Waals surface area contributed by atoms with E-state index in [-0.39, 0.29) is 11.6 Å². The van der Waals surface area contributed by atoms with Gasteiger partial charge in [0.15, 0.2) is 5.69 Å². The van der Waals surface area contributed by atoms with Crippen LogP contribution in [0.2, 0.25) is 0 Å². The number of carbonyl (C=O) groups excluding carboxylic acids is 1. The van der Waals surface area contributed by atoms with E-state index in [1.807, 2.05) is 26.0 Å². The number of amides is 1. The molecule has 0 bridgehead atoms. The fourth-order valence-electron chi connectivity index (χ4n) is 1.83. The standard InChI is InChI=1S/C13H18N4O2/c1-3-4-10-11(14)12(17-16-10)13(18)15-7-9-6-5-8(2)19-9/h5-6H,3-4,7,14H2,1-2H3,(H,15,18)(H,16,17). The Hall–Kier alpha value is -2.24. The first-order valence-corrected chi connectivity index (χ1v) is 6.28. The van der Waals surface area contributed by atoms with Gasteiger partial charge >= 0.3 is 0 Å². The molecule has 2 rings (SSSR count). The van der Waals surface area contributed by atoms with E-state index < -0.39 is 0 Å². The van der Waals surface area contributed by atoms with E-state index in [4.69, 9.17) is 10.2 Å². The molecule has 4 N–H and O–H groups in total. The fraction of sp³-hybridized carbons (Fsp3) is 0.385. The van der Waals surface area contributed by atoms with Gasteiger partial charge in [0.2, 0.25) is 0 Å². The highest BCUT2D eigenvalue weighted by atomic mass is 16.3. The molecular weight excluding hydrogens is 244 g/mol. The number of nitrogens with two attached hydrogens (primary N) is 1. The molecule has 2 aromatic rings. The maximum absolute atomic E-state index is 11.9. The summed E-state index contributed by atoms with van der Waals surface area (Å²) in [5.41, 5.74) is 7.36. The van der Waals surface area contributed by atoms with Crippen molar-refractivity contribution in [1.29, 1.82) is 0 Å². The van der Waals surface area contributed by atoms with Crippen LogP contribution in [0.4, 0.5) is 5.69 Å². The van der Waals surface area contributed by atoms with Crippen LogP contribution in [0.1, 0.15) is 41.0 Å². The minimum atomic E-state index is -0.301. The third-order valence-corrected chi connectivity index (χ3v) is 2.82. The van der Waals surface area contributed by atoms with Gasteiger partial charge < -0.3 is 15.5 Å². The Morgan fingerprint density at radius 2 is 2.32 bits per heavy atom. The number of carbonyl (C=O) groups is 1. The lowest BCUT2D eigenvalue weighted by molar-refractivity contribution is 0.0943. The third kappa shape index (κ3) is 2.96. The zero-order chi connectivity index (χ0) is 13.8. The number of aromatic nitrogens is 2. The molecule has 0 aromatic carbocycles. The Bertz CT molecular complexity index is 571. The molecule has 0 aliphatic heterocycles. The van der Waals surface area contributed by atoms with Crippen LogP contribution >= 0.6 is 0 Å². The second kappa shape index (κ2) is 5.60. The number of hydrogen-bond acceptors (Lipinski definition) is 4. The van der Waals surface area contributed by atoms with Crippen LogP contribution in [0.5, 0.6) is 0 Å². The molecule has 0 unspecified atom stereocenters. The summed E-state index contributed by atoms with van der Waals surface area (Å²) in [7, 11) is 0. The monoisotopic (exact) mass is 262 g/mol. The van der Waals surface area contributed by atoms with E-state index in [9.17, 15) is 4.79 Å². The summed E-state index contributed by atoms with van der Waals surface area (Å²) in [5.74, 6) is 1.22. The number of hydrogen-bond donors (Lipinski definition) is 3. The van der Waals surface area contributed by atoms with Crippen LogP contribution in [0.3, 0.4) is 0 Å². The number of nitrogens with one attached hydrogen (secondary N) is 2. The lowest BCUT2D eigenvalue weighted by Crippen LogP contribution is -2.23. The van der Waals surface area contributed by atoms with Crippen molar-refractivity contribution in [2.24, 2.45) is 0 Å². The summed E-state index contributed by atoms with van der Waals surface area (Å²) in [6.07, 6.45) is 1.72. The Kier molecular flexibility index (Phi) is 3.89. The maximum Gasteiger partial charge on any atom is 0.274 e. The molecule has 19 heavy (non-hydrogen) atoms. The van der Waals surface area contributed by atoms with Gasteiger partial charge in [0.05, 0.1) is 17.9 Å². The van der Waals surface area contributed by atoms with E-state index in [1.54, 1.807) is 0 Å². The predicted octanol–water partition coefficient (Wildman–Crippen LogP) is 1.78. The van der Waals surface area contributed by atoms with Crippen molar-refractivity contribution < 1.29 is 9.21 Å². The van der Waals surface area contributed by atoms with Gasteiger partial charge in [-0.15, -0.1) is 0 Å². The molecule has 0 atom stereocenters. The Morgan fingerprint density at radius 1 is 1.53 bits per heavy atom. The summed E-state index contributed by atoms with van der Waals surface area (Å²) in [6, 6.07) is 3.68. The summed E-state index contributed by atoms with van der Waals surface area (Å²) in [5, 5.41) is 9.49. The number of anilines is 1. The number of aryl methyl sites for hydroxylation is 2. The average Bonchev–Trinajstić information content (AvgIpc) is 2.95. The van der Waals surface area contributed by atoms with Crippen LogP contribution < -0.4 is 11.1 Å². The van der Waals surface area contributed by atoms with Gasteiger partial charge in [0, 0.05) is 0 Å². The average molecular weight is 262 g/mol. The normalized spacial score (nSPS) is 10.6. The minimum Gasteiger partial charge on any atom is -0.465 e. The molecule has 0 saturated heterocycles. The molecule has 2 heterocycles. The minimum absolute atomic E-state index is 0.242. The quantitative estimate of drug-likeness (QED) is 0.765. The molecule has 6 nitrogen and oxygen atoms in total. The highest BCUT2D eigenvalue weighted by Crippen LogP contribution is 2.15. The number of nitrogen functional groups attached to an aromatic ring is 1. The number of aromatic amines is 1. The zero-order valence-corrected chi connectivity index (χ0v) is 11.1. The molecule has 102 valence electrons. The Morgan fingerprint density at radius 3 is 2.95 bits per heavy atom. The van der Waals surface area contributed by atoms with Crippen LogP contribution in [-0.2, 0) is 13.0 Å². The van der Waals surface area contributed by atoms with Gasteiger partial charge in [-0.3, -0.25) is 9.89 Å². The van der Waals surface area contributed by atoms with Crippen LogP contribution in [0.25, 0.3) is 0 Å². The van der Waals surface area contributed by atoms with Crippen LogP contribution in [-0.4, -0.2) is 16.1 Å². The van der Waals surface area contributed by atoms with Crippen molar-refractivity contribution in [2.45, 2.75) is 33.2 Å². The molecular formula is C13H18N4O2. The van der Waals surface area contributed by atoms with E-state index in [0.717, 1.165) is 24.3 Å². The number of furan rings is 1. The van der Waals surface area contributed by atoms with Crippen molar-refractivity contribution >= 4 is 11.6 Å². The fourth-order valence-corrected chi connectivity index (χ4v) is 1.83. The highest BCUT2D eigenvalue weighted by Gasteiger charge is 2.16. The summed E-state index contributed by atoms with van der Waals surface area (Å²) in [6.45, 7) is 4.22. The molecule has 0 aliphatic rings. The van der Waals surface area contributed by atoms with E-state index in [2.05, 4.69) is 15.5 Å². The van der Waals surface area contributed by atoms with Gasteiger partial charge in [-0.2, -0.15) is 5.10 Å². The molecule has 6 heteroatoms. The van der Waals surface area contributed by atoms with Crippen molar-refractivity contribution in [3.05, 3.63) is 35.0 Å². The Balaban J connectivity index is 2.00. The van der Waals surface area contributed by atoms with Crippen LogP contribution in [0, 0.1) is 6.92 Å². The largest absolute Gasteiger partial charge is 0.465 e. The number of rotatable bonds is 5. The van der Waals surface area contributed by atoms with E-state index in [0.29, 0.717) is 18.0 Å². The van der Waals surface area contributed by atoms with Gasteiger partial charge in [-0.1, -0.05) is 13.3 Å². The third-order valence-electron chi connectivity index (χ3n) is 2.82. The summed E-state index contributed by atoms with van der Waals surface area (Å²) >= 11 is 0. The SMILES string of the molecule is CCCc1[nH]nc(C(=O)NCc2ccc(C)o2)c1N. The molecule has 1 amide bonds. The van der Waals surface area contributed by atoms with Gasteiger partial charge in [0.25, 0.3) is 5.91 Å². The first kappa shape index (κ1) is 13.2. The first-order chi connectivity index (χ1) is 9.11. The second-order valence-electron chi connectivity index (χ2n) is 4.41. The van der Waals surface area contributed by atoms with Crippen molar-refractivity contribution in [3.8, 4) is 0 Å². The predicted molar refractivity (Wildman–Crippen MR) is 71.6 cm³/mol. The lowest BCUT2D eigenvalue weighted by Gasteiger charge is -2.02. The zero-order valence-electron chi connectivity index (χ0n) is 11.1. The molecule has 0 fully saturated rings. The smallest absolute Gasteiger partial charge is 0.274 e. The van der Waals surface area contributed by atoms with Gasteiger partial charge in [0.1, 0.15) is 11.5 Å². The van der Waals surface area contributed by atoms with Crippen LogP contribution in [0.15, 0.2) is 16.5 Å². The molecule has 0 aliphatic carbocycles. The number of nitrogens with zero attached hydrogens (tertiary/aromatic N) is 1. The Labute approximate surface area is 111 Å². The highest BCUT2D eigenvalue weighted by molar-refractivity contribution is 5.97. The number of H-pyrrole nitrogens is 1. The van der Waals surface area contributed by atoms with Gasteiger partial charge in [-0.05, 0) is 25.5 Å². The first-order valence-electron chi connectivity index (χ1n) is 6.28. The molecule has 0 radical (unpaired) electrons. The van der Waals surface area contributed by atoms with E-state index >= 15 is 0 Å². The molecule has 2 aromatic heterocycles. The summed E-state index contributed by atoms with van der Waals surface area (Å²) in [4.78, 5) is 11.9. The molecule has 0 saturated carbocycles. The van der Waals surface area contributed by atoms with Crippen molar-refractivity contribution in [2.75, 3.05) is 5.73 Å². The molecule has 0 spiro atoms. The topological polar surface area (TPSA) is 96.9 Å². The van der Waals surface area contributed by atoms with Crippen molar-refractivity contribution in [1.82, 2.24) is 15.5 Å². The van der Waals surface area contributed by atoms with E-state index in [1.165, 1.54) is 0 Å². The lowest BCUT2D eigenvalue weighted by atomic mass is 10.2. The van der Waals surface area contributed by atoms with Crippen molar-refractivity contribution in [3.63, 3.8) is 0 Å². The maximum atomic E-state index is 11.9. The summed E-state index contributed by atoms with van der Waals surface area (Å²) < 4.78 is 5.37. The second-order valence-corrected chi connectivity index (χ2v) is 4.41. The van der Waals surface area contributed by atoms with Gasteiger partial charge in [-0.25, -0.2) is 0 Å².